The van der Waals surface area contributed by atoms with Crippen molar-refractivity contribution in [1.82, 2.24) is 10.2 Å². The summed E-state index contributed by atoms with van der Waals surface area (Å²) in [6.45, 7) is 1.30. The minimum atomic E-state index is -0.334. The number of nitrogens with zero attached hydrogens (tertiary/aromatic N) is 1. The summed E-state index contributed by atoms with van der Waals surface area (Å²) in [5.41, 5.74) is 2.95. The first-order chi connectivity index (χ1) is 14.6. The second-order valence-electron chi connectivity index (χ2n) is 7.49. The van der Waals surface area contributed by atoms with Gasteiger partial charge in [-0.2, -0.15) is 0 Å². The molecule has 4 nitrogen and oxygen atoms in total. The van der Waals surface area contributed by atoms with Crippen molar-refractivity contribution >= 4 is 11.8 Å². The average molecular weight is 402 g/mol. The average Bonchev–Trinajstić information content (AvgIpc) is 2.96. The highest BCUT2D eigenvalue weighted by Gasteiger charge is 2.28. The maximum absolute atomic E-state index is 14.0. The predicted octanol–water partition coefficient (Wildman–Crippen LogP) is 3.92. The van der Waals surface area contributed by atoms with Crippen LogP contribution >= 0.6 is 0 Å². The number of nitrogens with one attached hydrogen (secondary N) is 1. The molecule has 2 amide bonds. The van der Waals surface area contributed by atoms with E-state index in [2.05, 4.69) is 5.32 Å². The highest BCUT2D eigenvalue weighted by Crippen LogP contribution is 2.24. The number of benzene rings is 3. The Bertz CT molecular complexity index is 1030. The predicted molar refractivity (Wildman–Crippen MR) is 114 cm³/mol. The minimum Gasteiger partial charge on any atom is -0.354 e. The van der Waals surface area contributed by atoms with Crippen LogP contribution in [0, 0.1) is 11.7 Å². The molecule has 1 N–H and O–H groups in total. The number of hydrogen-bond acceptors (Lipinski definition) is 2. The lowest BCUT2D eigenvalue weighted by Crippen LogP contribution is -2.37. The van der Waals surface area contributed by atoms with Crippen molar-refractivity contribution < 1.29 is 14.0 Å². The molecule has 0 aliphatic carbocycles. The highest BCUT2D eigenvalue weighted by molar-refractivity contribution is 5.94. The third kappa shape index (κ3) is 4.40. The van der Waals surface area contributed by atoms with Crippen LogP contribution in [0.5, 0.6) is 0 Å². The molecule has 1 heterocycles. The molecule has 1 aliphatic rings. The zero-order chi connectivity index (χ0) is 20.9. The zero-order valence-corrected chi connectivity index (χ0v) is 16.6. The molecule has 0 unspecified atom stereocenters. The Labute approximate surface area is 175 Å². The van der Waals surface area contributed by atoms with Gasteiger partial charge in [0.1, 0.15) is 5.82 Å². The molecule has 1 atom stereocenters. The number of carbonyl (C=O) groups excluding carboxylic acids is 2. The first kappa shape index (κ1) is 19.8. The fourth-order valence-corrected chi connectivity index (χ4v) is 3.80. The van der Waals surface area contributed by atoms with E-state index in [1.807, 2.05) is 42.5 Å². The van der Waals surface area contributed by atoms with Gasteiger partial charge in [0.05, 0.1) is 5.92 Å². The molecule has 1 aliphatic heterocycles. The third-order valence-corrected chi connectivity index (χ3v) is 5.42. The van der Waals surface area contributed by atoms with Gasteiger partial charge >= 0.3 is 0 Å². The van der Waals surface area contributed by atoms with E-state index < -0.39 is 0 Å². The summed E-state index contributed by atoms with van der Waals surface area (Å²) in [6, 6.07) is 23.4. The summed E-state index contributed by atoms with van der Waals surface area (Å²) in [7, 11) is 0. The van der Waals surface area contributed by atoms with Crippen LogP contribution in [0.3, 0.4) is 0 Å². The normalized spacial score (nSPS) is 16.6. The molecule has 3 aromatic carbocycles. The summed E-state index contributed by atoms with van der Waals surface area (Å²) in [5, 5.41) is 2.91. The molecule has 0 spiro atoms. The van der Waals surface area contributed by atoms with Gasteiger partial charge in [-0.05, 0) is 35.7 Å². The van der Waals surface area contributed by atoms with Crippen molar-refractivity contribution in [2.45, 2.75) is 6.42 Å². The Morgan fingerprint density at radius 1 is 0.967 bits per heavy atom. The molecule has 0 radical (unpaired) electrons. The maximum atomic E-state index is 14.0. The fourth-order valence-electron chi connectivity index (χ4n) is 3.80. The second-order valence-corrected chi connectivity index (χ2v) is 7.49. The monoisotopic (exact) mass is 402 g/mol. The first-order valence-corrected chi connectivity index (χ1v) is 10.1. The lowest BCUT2D eigenvalue weighted by molar-refractivity contribution is -0.124. The Balaban J connectivity index is 1.49. The standard InChI is InChI=1S/C25H23FN2O2/c26-23-9-5-4-8-22(23)19-12-10-18(11-13-19)16-21-17-28(15-14-27-24(21)29)25(30)20-6-2-1-3-7-20/h1-13,21H,14-17H2,(H,27,29)/t21-/m1/s1. The van der Waals surface area contributed by atoms with Gasteiger partial charge in [-0.15, -0.1) is 0 Å². The van der Waals surface area contributed by atoms with E-state index >= 15 is 0 Å². The quantitative estimate of drug-likeness (QED) is 0.719. The van der Waals surface area contributed by atoms with Crippen molar-refractivity contribution in [2.24, 2.45) is 5.92 Å². The molecule has 5 heteroatoms. The van der Waals surface area contributed by atoms with E-state index in [0.717, 1.165) is 11.1 Å². The van der Waals surface area contributed by atoms with Crippen LogP contribution in [0.25, 0.3) is 11.1 Å². The topological polar surface area (TPSA) is 49.4 Å². The van der Waals surface area contributed by atoms with Crippen LogP contribution in [0.4, 0.5) is 4.39 Å². The molecule has 1 saturated heterocycles. The molecular weight excluding hydrogens is 379 g/mol. The van der Waals surface area contributed by atoms with E-state index in [-0.39, 0.29) is 23.5 Å². The molecule has 4 rings (SSSR count). The van der Waals surface area contributed by atoms with Gasteiger partial charge in [0.15, 0.2) is 0 Å². The van der Waals surface area contributed by atoms with E-state index in [9.17, 15) is 14.0 Å². The summed E-state index contributed by atoms with van der Waals surface area (Å²) in [5.74, 6) is -0.702. The molecule has 152 valence electrons. The van der Waals surface area contributed by atoms with Crippen LogP contribution in [-0.2, 0) is 11.2 Å². The number of amides is 2. The molecule has 3 aromatic rings. The van der Waals surface area contributed by atoms with Gasteiger partial charge < -0.3 is 10.2 Å². The van der Waals surface area contributed by atoms with E-state index in [4.69, 9.17) is 0 Å². The molecule has 0 aromatic heterocycles. The maximum Gasteiger partial charge on any atom is 0.253 e. The van der Waals surface area contributed by atoms with Gasteiger partial charge in [-0.1, -0.05) is 60.7 Å². The van der Waals surface area contributed by atoms with E-state index in [0.29, 0.717) is 37.2 Å². The van der Waals surface area contributed by atoms with Crippen LogP contribution in [0.2, 0.25) is 0 Å². The van der Waals surface area contributed by atoms with E-state index in [1.165, 1.54) is 6.07 Å². The summed E-state index contributed by atoms with van der Waals surface area (Å²) >= 11 is 0. The van der Waals surface area contributed by atoms with Crippen LogP contribution in [0.15, 0.2) is 78.9 Å². The number of rotatable bonds is 4. The Morgan fingerprint density at radius 2 is 1.67 bits per heavy atom. The molecule has 0 bridgehead atoms. The molecular formula is C25H23FN2O2. The lowest BCUT2D eigenvalue weighted by Gasteiger charge is -2.23. The van der Waals surface area contributed by atoms with E-state index in [1.54, 1.807) is 35.2 Å². The van der Waals surface area contributed by atoms with Gasteiger partial charge in [0, 0.05) is 30.8 Å². The van der Waals surface area contributed by atoms with Crippen molar-refractivity contribution in [3.8, 4) is 11.1 Å². The highest BCUT2D eigenvalue weighted by atomic mass is 19.1. The number of carbonyl (C=O) groups is 2. The fraction of sp³-hybridized carbons (Fsp3) is 0.200. The van der Waals surface area contributed by atoms with Gasteiger partial charge in [-0.25, -0.2) is 4.39 Å². The van der Waals surface area contributed by atoms with Gasteiger partial charge in [0.2, 0.25) is 5.91 Å². The first-order valence-electron chi connectivity index (χ1n) is 10.1. The van der Waals surface area contributed by atoms with Gasteiger partial charge in [0.25, 0.3) is 5.91 Å². The zero-order valence-electron chi connectivity index (χ0n) is 16.6. The van der Waals surface area contributed by atoms with Crippen molar-refractivity contribution in [3.05, 3.63) is 95.8 Å². The minimum absolute atomic E-state index is 0.0449. The van der Waals surface area contributed by atoms with Crippen molar-refractivity contribution in [1.29, 1.82) is 0 Å². The van der Waals surface area contributed by atoms with Crippen LogP contribution in [-0.4, -0.2) is 36.3 Å². The van der Waals surface area contributed by atoms with Crippen LogP contribution in [0.1, 0.15) is 15.9 Å². The summed E-state index contributed by atoms with van der Waals surface area (Å²) in [4.78, 5) is 27.1. The number of hydrogen-bond donors (Lipinski definition) is 1. The largest absolute Gasteiger partial charge is 0.354 e. The Morgan fingerprint density at radius 3 is 2.40 bits per heavy atom. The molecule has 30 heavy (non-hydrogen) atoms. The molecule has 0 saturated carbocycles. The molecule has 1 fully saturated rings. The lowest BCUT2D eigenvalue weighted by atomic mass is 9.95. The Kier molecular flexibility index (Phi) is 5.89. The van der Waals surface area contributed by atoms with Crippen molar-refractivity contribution in [3.63, 3.8) is 0 Å². The third-order valence-electron chi connectivity index (χ3n) is 5.42. The smallest absolute Gasteiger partial charge is 0.253 e. The second kappa shape index (κ2) is 8.91. The summed E-state index contributed by atoms with van der Waals surface area (Å²) < 4.78 is 14.0. The summed E-state index contributed by atoms with van der Waals surface area (Å²) in [6.07, 6.45) is 0.516. The van der Waals surface area contributed by atoms with Crippen molar-refractivity contribution in [2.75, 3.05) is 19.6 Å². The van der Waals surface area contributed by atoms with Gasteiger partial charge in [-0.3, -0.25) is 9.59 Å². The Hall–Kier alpha value is -3.47. The SMILES string of the molecule is O=C1NCCN(C(=O)c2ccccc2)C[C@H]1Cc1ccc(-c2ccccc2F)cc1. The van der Waals surface area contributed by atoms with Crippen LogP contribution < -0.4 is 5.32 Å². The number of halogens is 1.